The minimum Gasteiger partial charge on any atom is -0.339 e. The molecule has 1 aliphatic heterocycles. The molecule has 4 nitrogen and oxygen atoms in total. The third-order valence-electron chi connectivity index (χ3n) is 3.33. The fourth-order valence-corrected chi connectivity index (χ4v) is 2.29. The van der Waals surface area contributed by atoms with Crippen molar-refractivity contribution in [3.05, 3.63) is 42.5 Å². The maximum atomic E-state index is 13.6. The normalized spacial score (nSPS) is 18.8. The van der Waals surface area contributed by atoms with E-state index in [-0.39, 0.29) is 11.9 Å². The van der Waals surface area contributed by atoms with E-state index in [1.807, 2.05) is 0 Å². The molecule has 1 saturated heterocycles. The maximum absolute atomic E-state index is 13.6. The minimum absolute atomic E-state index is 0.190. The number of aromatic nitrogens is 2. The van der Waals surface area contributed by atoms with Crippen LogP contribution in [-0.4, -0.2) is 29.1 Å². The highest BCUT2D eigenvalue weighted by Gasteiger charge is 2.21. The molecule has 2 N–H and O–H groups in total. The van der Waals surface area contributed by atoms with Crippen molar-refractivity contribution < 1.29 is 4.39 Å². The van der Waals surface area contributed by atoms with Crippen molar-refractivity contribution >= 4 is 5.95 Å². The zero-order valence-corrected chi connectivity index (χ0v) is 10.5. The summed E-state index contributed by atoms with van der Waals surface area (Å²) in [7, 11) is 0. The number of halogens is 1. The first-order valence-corrected chi connectivity index (χ1v) is 6.31. The Morgan fingerprint density at radius 1 is 1.21 bits per heavy atom. The van der Waals surface area contributed by atoms with Gasteiger partial charge in [-0.3, -0.25) is 0 Å². The minimum atomic E-state index is -0.262. The topological polar surface area (TPSA) is 55.0 Å². The summed E-state index contributed by atoms with van der Waals surface area (Å²) in [6, 6.07) is 6.81. The van der Waals surface area contributed by atoms with Gasteiger partial charge in [-0.05, 0) is 12.5 Å². The van der Waals surface area contributed by atoms with E-state index in [4.69, 9.17) is 5.73 Å². The van der Waals surface area contributed by atoms with Gasteiger partial charge in [-0.2, -0.15) is 0 Å². The van der Waals surface area contributed by atoms with Gasteiger partial charge in [0.15, 0.2) is 0 Å². The molecule has 1 aromatic heterocycles. The van der Waals surface area contributed by atoms with Crippen LogP contribution in [-0.2, 0) is 0 Å². The number of anilines is 1. The van der Waals surface area contributed by atoms with Gasteiger partial charge in [-0.1, -0.05) is 18.2 Å². The van der Waals surface area contributed by atoms with Crippen molar-refractivity contribution in [3.8, 4) is 11.1 Å². The fraction of sp³-hybridized carbons (Fsp3) is 0.286. The van der Waals surface area contributed by atoms with Gasteiger partial charge in [-0.25, -0.2) is 14.4 Å². The molecule has 1 aliphatic rings. The van der Waals surface area contributed by atoms with Gasteiger partial charge >= 0.3 is 0 Å². The van der Waals surface area contributed by atoms with E-state index >= 15 is 0 Å². The molecule has 19 heavy (non-hydrogen) atoms. The lowest BCUT2D eigenvalue weighted by Crippen LogP contribution is -2.27. The van der Waals surface area contributed by atoms with E-state index in [0.29, 0.717) is 17.1 Å². The molecule has 0 aliphatic carbocycles. The van der Waals surface area contributed by atoms with Gasteiger partial charge in [-0.15, -0.1) is 0 Å². The van der Waals surface area contributed by atoms with Gasteiger partial charge in [0, 0.05) is 42.7 Å². The van der Waals surface area contributed by atoms with Crippen LogP contribution in [0.2, 0.25) is 0 Å². The summed E-state index contributed by atoms with van der Waals surface area (Å²) in [6.45, 7) is 1.65. The van der Waals surface area contributed by atoms with Gasteiger partial charge < -0.3 is 10.6 Å². The van der Waals surface area contributed by atoms with Crippen LogP contribution < -0.4 is 10.6 Å². The quantitative estimate of drug-likeness (QED) is 0.892. The lowest BCUT2D eigenvalue weighted by molar-refractivity contribution is 0.631. The Balaban J connectivity index is 1.85. The molecule has 1 aromatic carbocycles. The highest BCUT2D eigenvalue weighted by Crippen LogP contribution is 2.22. The van der Waals surface area contributed by atoms with Crippen molar-refractivity contribution in [1.82, 2.24) is 9.97 Å². The number of hydrogen-bond donors (Lipinski definition) is 1. The Bertz CT molecular complexity index is 570. The summed E-state index contributed by atoms with van der Waals surface area (Å²) in [5.74, 6) is 0.398. The fourth-order valence-electron chi connectivity index (χ4n) is 2.29. The molecule has 5 heteroatoms. The van der Waals surface area contributed by atoms with Crippen LogP contribution >= 0.6 is 0 Å². The van der Waals surface area contributed by atoms with Crippen molar-refractivity contribution in [2.24, 2.45) is 5.73 Å². The lowest BCUT2D eigenvalue weighted by Gasteiger charge is -2.15. The third kappa shape index (κ3) is 2.42. The van der Waals surface area contributed by atoms with Crippen LogP contribution in [0.3, 0.4) is 0 Å². The van der Waals surface area contributed by atoms with Crippen LogP contribution in [0.5, 0.6) is 0 Å². The summed E-state index contributed by atoms with van der Waals surface area (Å²) in [4.78, 5) is 10.7. The Labute approximate surface area is 111 Å². The first kappa shape index (κ1) is 12.0. The average molecular weight is 258 g/mol. The Morgan fingerprint density at radius 2 is 1.95 bits per heavy atom. The summed E-state index contributed by atoms with van der Waals surface area (Å²) in [5, 5.41) is 0. The first-order chi connectivity index (χ1) is 9.24. The lowest BCUT2D eigenvalue weighted by atomic mass is 10.1. The summed E-state index contributed by atoms with van der Waals surface area (Å²) in [5.41, 5.74) is 7.06. The molecule has 0 saturated carbocycles. The molecule has 1 atom stereocenters. The molecule has 0 amide bonds. The van der Waals surface area contributed by atoms with Gasteiger partial charge in [0.2, 0.25) is 5.95 Å². The second kappa shape index (κ2) is 4.93. The highest BCUT2D eigenvalue weighted by atomic mass is 19.1. The van der Waals surface area contributed by atoms with Crippen LogP contribution in [0.4, 0.5) is 10.3 Å². The molecule has 0 spiro atoms. The summed E-state index contributed by atoms with van der Waals surface area (Å²) >= 11 is 0. The number of rotatable bonds is 2. The molecular formula is C14H15FN4. The van der Waals surface area contributed by atoms with Crippen molar-refractivity contribution in [2.75, 3.05) is 18.0 Å². The molecular weight excluding hydrogens is 243 g/mol. The number of nitrogens with zero attached hydrogens (tertiary/aromatic N) is 3. The van der Waals surface area contributed by atoms with E-state index < -0.39 is 0 Å². The number of hydrogen-bond acceptors (Lipinski definition) is 4. The summed E-state index contributed by atoms with van der Waals surface area (Å²) < 4.78 is 13.6. The van der Waals surface area contributed by atoms with Gasteiger partial charge in [0.25, 0.3) is 0 Å². The predicted octanol–water partition coefficient (Wildman–Crippen LogP) is 1.82. The molecule has 0 bridgehead atoms. The smallest absolute Gasteiger partial charge is 0.225 e. The Kier molecular flexibility index (Phi) is 3.13. The molecule has 2 aromatic rings. The van der Waals surface area contributed by atoms with Crippen LogP contribution in [0.25, 0.3) is 11.1 Å². The van der Waals surface area contributed by atoms with Gasteiger partial charge in [0.05, 0.1) is 0 Å². The van der Waals surface area contributed by atoms with Crippen LogP contribution in [0, 0.1) is 5.82 Å². The predicted molar refractivity (Wildman–Crippen MR) is 72.2 cm³/mol. The van der Waals surface area contributed by atoms with E-state index in [1.165, 1.54) is 6.07 Å². The van der Waals surface area contributed by atoms with E-state index in [2.05, 4.69) is 14.9 Å². The van der Waals surface area contributed by atoms with Crippen molar-refractivity contribution in [2.45, 2.75) is 12.5 Å². The second-order valence-corrected chi connectivity index (χ2v) is 4.75. The number of nitrogens with two attached hydrogens (primary N) is 1. The monoisotopic (exact) mass is 258 g/mol. The zero-order chi connectivity index (χ0) is 13.2. The average Bonchev–Trinajstić information content (AvgIpc) is 2.86. The van der Waals surface area contributed by atoms with Crippen LogP contribution in [0.1, 0.15) is 6.42 Å². The SMILES string of the molecule is NC1CCN(c2ncc(-c3ccccc3F)cn2)C1. The Morgan fingerprint density at radius 3 is 2.58 bits per heavy atom. The molecule has 98 valence electrons. The number of benzene rings is 1. The van der Waals surface area contributed by atoms with Crippen molar-refractivity contribution in [3.63, 3.8) is 0 Å². The third-order valence-corrected chi connectivity index (χ3v) is 3.33. The maximum Gasteiger partial charge on any atom is 0.225 e. The largest absolute Gasteiger partial charge is 0.339 e. The standard InChI is InChI=1S/C14H15FN4/c15-13-4-2-1-3-12(13)10-7-17-14(18-8-10)19-6-5-11(16)9-19/h1-4,7-8,11H,5-6,9,16H2. The molecule has 2 heterocycles. The van der Waals surface area contributed by atoms with E-state index in [1.54, 1.807) is 30.6 Å². The molecule has 0 radical (unpaired) electrons. The molecule has 1 fully saturated rings. The van der Waals surface area contributed by atoms with Crippen LogP contribution in [0.15, 0.2) is 36.7 Å². The molecule has 1 unspecified atom stereocenters. The van der Waals surface area contributed by atoms with E-state index in [9.17, 15) is 4.39 Å². The first-order valence-electron chi connectivity index (χ1n) is 6.31. The van der Waals surface area contributed by atoms with Crippen molar-refractivity contribution in [1.29, 1.82) is 0 Å². The summed E-state index contributed by atoms with van der Waals surface area (Å²) in [6.07, 6.45) is 4.27. The van der Waals surface area contributed by atoms with E-state index in [0.717, 1.165) is 19.5 Å². The molecule has 3 rings (SSSR count). The Hall–Kier alpha value is -2.01. The zero-order valence-electron chi connectivity index (χ0n) is 10.5. The second-order valence-electron chi connectivity index (χ2n) is 4.75. The van der Waals surface area contributed by atoms with Gasteiger partial charge in [0.1, 0.15) is 5.82 Å². The highest BCUT2D eigenvalue weighted by molar-refractivity contribution is 5.62.